The predicted octanol–water partition coefficient (Wildman–Crippen LogP) is 1.53. The predicted molar refractivity (Wildman–Crippen MR) is 73.1 cm³/mol. The van der Waals surface area contributed by atoms with Crippen LogP contribution < -0.4 is 5.73 Å². The third kappa shape index (κ3) is 3.21. The van der Waals surface area contributed by atoms with Crippen LogP contribution >= 0.6 is 0 Å². The molecular formula is C14H29N3. The van der Waals surface area contributed by atoms with E-state index in [0.29, 0.717) is 0 Å². The molecule has 2 rings (SSSR count). The molecule has 0 bridgehead atoms. The van der Waals surface area contributed by atoms with Gasteiger partial charge in [-0.05, 0) is 58.7 Å². The van der Waals surface area contributed by atoms with Gasteiger partial charge in [0.25, 0.3) is 0 Å². The zero-order chi connectivity index (χ0) is 12.5. The fraction of sp³-hybridized carbons (Fsp3) is 1.00. The van der Waals surface area contributed by atoms with Crippen molar-refractivity contribution in [3.05, 3.63) is 0 Å². The lowest BCUT2D eigenvalue weighted by molar-refractivity contribution is 0.0306. The Morgan fingerprint density at radius 3 is 2.76 bits per heavy atom. The molecule has 0 aromatic carbocycles. The quantitative estimate of drug-likeness (QED) is 0.811. The average Bonchev–Trinajstić information content (AvgIpc) is 2.29. The summed E-state index contributed by atoms with van der Waals surface area (Å²) in [5.74, 6) is 0.884. The molecule has 3 unspecified atom stereocenters. The van der Waals surface area contributed by atoms with E-state index in [-0.39, 0.29) is 5.54 Å². The van der Waals surface area contributed by atoms with Gasteiger partial charge in [-0.3, -0.25) is 0 Å². The Balaban J connectivity index is 1.89. The lowest BCUT2D eigenvalue weighted by Gasteiger charge is -2.47. The van der Waals surface area contributed by atoms with Gasteiger partial charge in [-0.15, -0.1) is 0 Å². The van der Waals surface area contributed by atoms with Crippen molar-refractivity contribution in [1.82, 2.24) is 9.80 Å². The van der Waals surface area contributed by atoms with Crippen LogP contribution in [0.3, 0.4) is 0 Å². The van der Waals surface area contributed by atoms with Crippen LogP contribution in [-0.2, 0) is 0 Å². The van der Waals surface area contributed by atoms with Crippen molar-refractivity contribution in [1.29, 1.82) is 0 Å². The third-order valence-electron chi connectivity index (χ3n) is 4.82. The first kappa shape index (κ1) is 13.3. The first-order chi connectivity index (χ1) is 8.02. The van der Waals surface area contributed by atoms with Crippen LogP contribution in [0, 0.1) is 5.92 Å². The van der Waals surface area contributed by atoms with Crippen molar-refractivity contribution in [2.75, 3.05) is 33.2 Å². The molecule has 17 heavy (non-hydrogen) atoms. The van der Waals surface area contributed by atoms with Crippen molar-refractivity contribution in [2.45, 2.75) is 51.1 Å². The molecule has 3 nitrogen and oxygen atoms in total. The number of nitrogens with zero attached hydrogens (tertiary/aromatic N) is 2. The van der Waals surface area contributed by atoms with Crippen LogP contribution in [0.25, 0.3) is 0 Å². The number of hydrogen-bond donors (Lipinski definition) is 1. The average molecular weight is 239 g/mol. The summed E-state index contributed by atoms with van der Waals surface area (Å²) in [6.45, 7) is 9.24. The normalized spacial score (nSPS) is 35.3. The molecule has 2 aliphatic rings. The summed E-state index contributed by atoms with van der Waals surface area (Å²) in [6, 6.07) is 0.839. The molecule has 2 fully saturated rings. The van der Waals surface area contributed by atoms with E-state index in [0.717, 1.165) is 24.9 Å². The lowest BCUT2D eigenvalue weighted by atomic mass is 9.83. The molecule has 2 N–H and O–H groups in total. The molecule has 0 amide bonds. The van der Waals surface area contributed by atoms with Crippen LogP contribution in [-0.4, -0.2) is 54.6 Å². The first-order valence-electron chi connectivity index (χ1n) is 7.23. The number of rotatable bonds is 3. The highest BCUT2D eigenvalue weighted by atomic mass is 15.2. The van der Waals surface area contributed by atoms with Gasteiger partial charge in [0.15, 0.2) is 0 Å². The van der Waals surface area contributed by atoms with Crippen molar-refractivity contribution in [3.8, 4) is 0 Å². The molecule has 3 heteroatoms. The van der Waals surface area contributed by atoms with Crippen LogP contribution in [0.5, 0.6) is 0 Å². The Morgan fingerprint density at radius 1 is 1.29 bits per heavy atom. The van der Waals surface area contributed by atoms with Gasteiger partial charge in [-0.2, -0.15) is 0 Å². The van der Waals surface area contributed by atoms with Crippen molar-refractivity contribution in [2.24, 2.45) is 11.7 Å². The second kappa shape index (κ2) is 5.25. The maximum atomic E-state index is 6.29. The van der Waals surface area contributed by atoms with E-state index >= 15 is 0 Å². The van der Waals surface area contributed by atoms with Gasteiger partial charge < -0.3 is 15.5 Å². The topological polar surface area (TPSA) is 32.5 Å². The van der Waals surface area contributed by atoms with E-state index in [9.17, 15) is 0 Å². The summed E-state index contributed by atoms with van der Waals surface area (Å²) in [5.41, 5.74) is 6.28. The molecule has 0 aliphatic carbocycles. The Labute approximate surface area is 106 Å². The molecule has 0 aromatic heterocycles. The van der Waals surface area contributed by atoms with Crippen LogP contribution in [0.1, 0.15) is 39.5 Å². The van der Waals surface area contributed by atoms with Gasteiger partial charge in [0.05, 0.1) is 0 Å². The second-order valence-corrected chi connectivity index (χ2v) is 6.48. The first-order valence-corrected chi connectivity index (χ1v) is 7.23. The van der Waals surface area contributed by atoms with Crippen molar-refractivity contribution >= 4 is 0 Å². The maximum Gasteiger partial charge on any atom is 0.0252 e. The van der Waals surface area contributed by atoms with E-state index in [2.05, 4.69) is 30.7 Å². The highest BCUT2D eigenvalue weighted by Gasteiger charge is 2.35. The minimum atomic E-state index is -0.00654. The summed E-state index contributed by atoms with van der Waals surface area (Å²) in [7, 11) is 2.30. The van der Waals surface area contributed by atoms with Gasteiger partial charge in [0.2, 0.25) is 0 Å². The van der Waals surface area contributed by atoms with E-state index in [1.807, 2.05) is 0 Å². The van der Waals surface area contributed by atoms with E-state index in [1.165, 1.54) is 38.9 Å². The highest BCUT2D eigenvalue weighted by Crippen LogP contribution is 2.30. The zero-order valence-electron chi connectivity index (χ0n) is 11.8. The second-order valence-electron chi connectivity index (χ2n) is 6.48. The fourth-order valence-corrected chi connectivity index (χ4v) is 3.49. The van der Waals surface area contributed by atoms with Crippen molar-refractivity contribution < 1.29 is 0 Å². The number of hydrogen-bond acceptors (Lipinski definition) is 3. The maximum absolute atomic E-state index is 6.29. The fourth-order valence-electron chi connectivity index (χ4n) is 3.49. The summed E-state index contributed by atoms with van der Waals surface area (Å²) >= 11 is 0. The van der Waals surface area contributed by atoms with E-state index in [4.69, 9.17) is 5.73 Å². The Kier molecular flexibility index (Phi) is 4.11. The van der Waals surface area contributed by atoms with Crippen LogP contribution in [0.4, 0.5) is 0 Å². The molecule has 0 spiro atoms. The van der Waals surface area contributed by atoms with Crippen molar-refractivity contribution in [3.63, 3.8) is 0 Å². The third-order valence-corrected chi connectivity index (χ3v) is 4.82. The number of likely N-dealkylation sites (tertiary alicyclic amines) is 2. The van der Waals surface area contributed by atoms with E-state index < -0.39 is 0 Å². The monoisotopic (exact) mass is 239 g/mol. The summed E-state index contributed by atoms with van der Waals surface area (Å²) < 4.78 is 0. The molecule has 0 radical (unpaired) electrons. The SMILES string of the molecule is CCC(C)(N)CN1CCC2C(CCCN2C)C1. The standard InChI is InChI=1S/C14H29N3/c1-4-14(2,15)11-17-9-7-13-12(10-17)6-5-8-16(13)3/h12-13H,4-11,15H2,1-3H3. The smallest absolute Gasteiger partial charge is 0.0252 e. The van der Waals surface area contributed by atoms with Gasteiger partial charge in [0.1, 0.15) is 0 Å². The molecule has 2 saturated heterocycles. The van der Waals surface area contributed by atoms with Crippen LogP contribution in [0.2, 0.25) is 0 Å². The Bertz CT molecular complexity index is 252. The zero-order valence-corrected chi connectivity index (χ0v) is 11.8. The molecule has 2 heterocycles. The molecule has 3 atom stereocenters. The molecule has 2 aliphatic heterocycles. The summed E-state index contributed by atoms with van der Waals surface area (Å²) in [6.07, 6.45) is 5.19. The summed E-state index contributed by atoms with van der Waals surface area (Å²) in [5, 5.41) is 0. The highest BCUT2D eigenvalue weighted by molar-refractivity contribution is 4.91. The van der Waals surface area contributed by atoms with Crippen LogP contribution in [0.15, 0.2) is 0 Å². The molecule has 0 saturated carbocycles. The van der Waals surface area contributed by atoms with Gasteiger partial charge in [-0.1, -0.05) is 6.92 Å². The molecular weight excluding hydrogens is 210 g/mol. The van der Waals surface area contributed by atoms with Gasteiger partial charge >= 0.3 is 0 Å². The van der Waals surface area contributed by atoms with Gasteiger partial charge in [0, 0.05) is 24.7 Å². The Hall–Kier alpha value is -0.120. The Morgan fingerprint density at radius 2 is 2.06 bits per heavy atom. The summed E-state index contributed by atoms with van der Waals surface area (Å²) in [4.78, 5) is 5.18. The minimum absolute atomic E-state index is 0.00654. The molecule has 100 valence electrons. The number of piperidine rings is 2. The van der Waals surface area contributed by atoms with E-state index in [1.54, 1.807) is 0 Å². The molecule has 0 aromatic rings. The minimum Gasteiger partial charge on any atom is -0.324 e. The number of fused-ring (bicyclic) bond motifs is 1. The van der Waals surface area contributed by atoms with Gasteiger partial charge in [-0.25, -0.2) is 0 Å². The lowest BCUT2D eigenvalue weighted by Crippen LogP contribution is -2.56. The number of nitrogens with two attached hydrogens (primary N) is 1. The largest absolute Gasteiger partial charge is 0.324 e.